The van der Waals surface area contributed by atoms with E-state index in [4.69, 9.17) is 32.7 Å². The number of hydrogen-bond acceptors (Lipinski definition) is 6. The molecule has 6 nitrogen and oxygen atoms in total. The van der Waals surface area contributed by atoms with Gasteiger partial charge in [0.25, 0.3) is 0 Å². The topological polar surface area (TPSA) is 72.9 Å². The molecular formula is C29H23Cl2NO5. The standard InChI is InChI=1S/C29H23Cl2NO5/c1-36-27(34)29(28(35)37-2)23(18-9-4-3-5-10-18)24(25(33)21-13-12-19(30)16-22(21)31)32-15-14-17-8-6-7-11-20(17)26(29)32/h3-16,23-24,26H,1-2H3/t23-,24-,26+/m0/s1. The fraction of sp³-hybridized carbons (Fsp3) is 0.207. The van der Waals surface area contributed by atoms with Gasteiger partial charge in [0.2, 0.25) is 0 Å². The molecule has 3 atom stereocenters. The molecule has 0 N–H and O–H groups in total. The molecule has 8 heteroatoms. The molecule has 37 heavy (non-hydrogen) atoms. The molecule has 3 aromatic carbocycles. The van der Waals surface area contributed by atoms with Gasteiger partial charge < -0.3 is 14.4 Å². The number of ether oxygens (including phenoxy) is 2. The SMILES string of the molecule is COC(=O)C1(C(=O)OC)[C@@H](c2ccccc2)[C@@H](C(=O)c2ccc(Cl)cc2Cl)N2C=Cc3ccccc3[C@@H]21. The summed E-state index contributed by atoms with van der Waals surface area (Å²) < 4.78 is 10.6. The van der Waals surface area contributed by atoms with Crippen LogP contribution in [-0.4, -0.2) is 42.9 Å². The Morgan fingerprint density at radius 3 is 2.16 bits per heavy atom. The molecule has 188 valence electrons. The van der Waals surface area contributed by atoms with Gasteiger partial charge >= 0.3 is 11.9 Å². The van der Waals surface area contributed by atoms with Gasteiger partial charge in [-0.3, -0.25) is 14.4 Å². The van der Waals surface area contributed by atoms with Gasteiger partial charge in [-0.25, -0.2) is 0 Å². The lowest BCUT2D eigenvalue weighted by Crippen LogP contribution is -2.49. The first-order valence-corrected chi connectivity index (χ1v) is 12.4. The van der Waals surface area contributed by atoms with Crippen molar-refractivity contribution in [2.24, 2.45) is 5.41 Å². The number of fused-ring (bicyclic) bond motifs is 3. The van der Waals surface area contributed by atoms with Crippen LogP contribution in [0.4, 0.5) is 0 Å². The molecule has 5 rings (SSSR count). The number of rotatable bonds is 5. The summed E-state index contributed by atoms with van der Waals surface area (Å²) in [7, 11) is 2.46. The lowest BCUT2D eigenvalue weighted by atomic mass is 9.65. The fourth-order valence-electron chi connectivity index (χ4n) is 5.79. The first kappa shape index (κ1) is 25.1. The maximum Gasteiger partial charge on any atom is 0.326 e. The van der Waals surface area contributed by atoms with Gasteiger partial charge in [-0.1, -0.05) is 77.8 Å². The number of methoxy groups -OCH3 is 2. The van der Waals surface area contributed by atoms with Crippen LogP contribution in [0.3, 0.4) is 0 Å². The molecule has 0 radical (unpaired) electrons. The van der Waals surface area contributed by atoms with Crippen LogP contribution in [0.25, 0.3) is 6.08 Å². The summed E-state index contributed by atoms with van der Waals surface area (Å²) in [6, 6.07) is 19.2. The van der Waals surface area contributed by atoms with E-state index in [2.05, 4.69) is 0 Å². The van der Waals surface area contributed by atoms with Crippen LogP contribution in [0.2, 0.25) is 10.0 Å². The van der Waals surface area contributed by atoms with Crippen LogP contribution in [-0.2, 0) is 19.1 Å². The number of Topliss-reactive ketones (excluding diaryl/α,β-unsaturated/α-hetero) is 1. The smallest absolute Gasteiger partial charge is 0.326 e. The van der Waals surface area contributed by atoms with E-state index in [-0.39, 0.29) is 16.4 Å². The van der Waals surface area contributed by atoms with Crippen LogP contribution in [0, 0.1) is 5.41 Å². The van der Waals surface area contributed by atoms with Crippen LogP contribution < -0.4 is 0 Å². The average Bonchev–Trinajstić information content (AvgIpc) is 3.24. The average molecular weight is 536 g/mol. The second kappa shape index (κ2) is 9.69. The lowest BCUT2D eigenvalue weighted by molar-refractivity contribution is -0.172. The van der Waals surface area contributed by atoms with E-state index in [1.165, 1.54) is 20.3 Å². The van der Waals surface area contributed by atoms with Gasteiger partial charge in [-0.05, 0) is 41.0 Å². The predicted octanol–water partition coefficient (Wildman–Crippen LogP) is 5.70. The summed E-state index contributed by atoms with van der Waals surface area (Å²) in [4.78, 5) is 43.8. The fourth-order valence-corrected chi connectivity index (χ4v) is 6.29. The number of benzene rings is 3. The Bertz CT molecular complexity index is 1400. The Labute approximate surface area is 224 Å². The van der Waals surface area contributed by atoms with Crippen molar-refractivity contribution in [3.8, 4) is 0 Å². The third-order valence-corrected chi connectivity index (χ3v) is 7.79. The molecule has 0 spiro atoms. The highest BCUT2D eigenvalue weighted by Crippen LogP contribution is 2.61. The third kappa shape index (κ3) is 3.74. The lowest BCUT2D eigenvalue weighted by Gasteiger charge is -2.38. The van der Waals surface area contributed by atoms with E-state index < -0.39 is 35.4 Å². The minimum absolute atomic E-state index is 0.177. The zero-order valence-electron chi connectivity index (χ0n) is 20.1. The van der Waals surface area contributed by atoms with E-state index in [9.17, 15) is 14.4 Å². The number of ketones is 1. The summed E-state index contributed by atoms with van der Waals surface area (Å²) in [6.07, 6.45) is 3.62. The highest BCUT2D eigenvalue weighted by Gasteiger charge is 2.71. The summed E-state index contributed by atoms with van der Waals surface area (Å²) in [5.41, 5.74) is 0.477. The van der Waals surface area contributed by atoms with Gasteiger partial charge in [0, 0.05) is 22.7 Å². The molecule has 3 aromatic rings. The van der Waals surface area contributed by atoms with E-state index in [0.717, 1.165) is 5.56 Å². The Morgan fingerprint density at radius 2 is 1.51 bits per heavy atom. The van der Waals surface area contributed by atoms with E-state index >= 15 is 0 Å². The zero-order valence-corrected chi connectivity index (χ0v) is 21.6. The number of carbonyl (C=O) groups is 3. The highest BCUT2D eigenvalue weighted by molar-refractivity contribution is 6.37. The van der Waals surface area contributed by atoms with Crippen molar-refractivity contribution in [2.45, 2.75) is 18.0 Å². The number of halogens is 2. The molecule has 2 heterocycles. The van der Waals surface area contributed by atoms with Crippen LogP contribution in [0.1, 0.15) is 39.0 Å². The van der Waals surface area contributed by atoms with Crippen molar-refractivity contribution in [3.63, 3.8) is 0 Å². The molecule has 0 saturated carbocycles. The molecule has 2 aliphatic rings. The molecule has 2 aliphatic heterocycles. The van der Waals surface area contributed by atoms with Crippen molar-refractivity contribution >= 4 is 47.0 Å². The van der Waals surface area contributed by atoms with Crippen LogP contribution in [0.15, 0.2) is 79.0 Å². The number of esters is 2. The van der Waals surface area contributed by atoms with E-state index in [1.807, 2.05) is 36.4 Å². The van der Waals surface area contributed by atoms with E-state index in [1.54, 1.807) is 47.5 Å². The monoisotopic (exact) mass is 535 g/mol. The van der Waals surface area contributed by atoms with Crippen molar-refractivity contribution < 1.29 is 23.9 Å². The number of carbonyl (C=O) groups excluding carboxylic acids is 3. The van der Waals surface area contributed by atoms with Crippen molar-refractivity contribution in [2.75, 3.05) is 14.2 Å². The molecule has 0 bridgehead atoms. The quantitative estimate of drug-likeness (QED) is 0.237. The maximum absolute atomic E-state index is 14.3. The number of nitrogens with zero attached hydrogens (tertiary/aromatic N) is 1. The largest absolute Gasteiger partial charge is 0.468 e. The highest BCUT2D eigenvalue weighted by atomic mass is 35.5. The van der Waals surface area contributed by atoms with Gasteiger partial charge in [0.05, 0.1) is 25.3 Å². The summed E-state index contributed by atoms with van der Waals surface area (Å²) in [5, 5.41) is 0.562. The Morgan fingerprint density at radius 1 is 0.865 bits per heavy atom. The van der Waals surface area contributed by atoms with Gasteiger partial charge in [0.15, 0.2) is 11.2 Å². The summed E-state index contributed by atoms with van der Waals surface area (Å²) >= 11 is 12.6. The molecule has 1 saturated heterocycles. The summed E-state index contributed by atoms with van der Waals surface area (Å²) in [6.45, 7) is 0. The summed E-state index contributed by atoms with van der Waals surface area (Å²) in [5.74, 6) is -2.90. The predicted molar refractivity (Wildman–Crippen MR) is 140 cm³/mol. The minimum atomic E-state index is -1.90. The molecular weight excluding hydrogens is 513 g/mol. The Hall–Kier alpha value is -3.61. The van der Waals surface area contributed by atoms with E-state index in [0.29, 0.717) is 16.1 Å². The molecule has 0 amide bonds. The normalized spacial score (nSPS) is 21.1. The van der Waals surface area contributed by atoms with Crippen LogP contribution >= 0.6 is 23.2 Å². The zero-order chi connectivity index (χ0) is 26.3. The molecule has 0 aromatic heterocycles. The van der Waals surface area contributed by atoms with Gasteiger partial charge in [-0.2, -0.15) is 0 Å². The third-order valence-electron chi connectivity index (χ3n) is 7.24. The second-order valence-electron chi connectivity index (χ2n) is 8.97. The number of hydrogen-bond donors (Lipinski definition) is 0. The maximum atomic E-state index is 14.3. The van der Waals surface area contributed by atoms with Gasteiger partial charge in [0.1, 0.15) is 6.04 Å². The molecule has 0 aliphatic carbocycles. The first-order chi connectivity index (χ1) is 17.9. The van der Waals surface area contributed by atoms with Crippen LogP contribution in [0.5, 0.6) is 0 Å². The minimum Gasteiger partial charge on any atom is -0.468 e. The van der Waals surface area contributed by atoms with Crippen molar-refractivity contribution in [3.05, 3.63) is 111 Å². The molecule has 0 unspecified atom stereocenters. The van der Waals surface area contributed by atoms with Crippen molar-refractivity contribution in [1.82, 2.24) is 4.90 Å². The van der Waals surface area contributed by atoms with Gasteiger partial charge in [-0.15, -0.1) is 0 Å². The molecule has 1 fully saturated rings. The Balaban J connectivity index is 1.85. The second-order valence-corrected chi connectivity index (χ2v) is 9.81. The first-order valence-electron chi connectivity index (χ1n) is 11.6. The Kier molecular flexibility index (Phi) is 6.56. The van der Waals surface area contributed by atoms with Crippen molar-refractivity contribution in [1.29, 1.82) is 0 Å².